The summed E-state index contributed by atoms with van der Waals surface area (Å²) in [6, 6.07) is 5.50. The van der Waals surface area contributed by atoms with Crippen molar-refractivity contribution in [2.45, 2.75) is 57.1 Å². The first-order valence-corrected chi connectivity index (χ1v) is 11.9. The summed E-state index contributed by atoms with van der Waals surface area (Å²) in [6.45, 7) is 5.42. The largest absolute Gasteiger partial charge is 0.352 e. The van der Waals surface area contributed by atoms with E-state index >= 15 is 0 Å². The summed E-state index contributed by atoms with van der Waals surface area (Å²) in [6.07, 6.45) is 0.920. The van der Waals surface area contributed by atoms with E-state index in [2.05, 4.69) is 5.32 Å². The van der Waals surface area contributed by atoms with Gasteiger partial charge in [-0.1, -0.05) is 19.1 Å². The van der Waals surface area contributed by atoms with Crippen LogP contribution in [-0.2, 0) is 31.2 Å². The van der Waals surface area contributed by atoms with Crippen LogP contribution < -0.4 is 5.32 Å². The highest BCUT2D eigenvalue weighted by atomic mass is 32.2. The molecule has 1 fully saturated rings. The summed E-state index contributed by atoms with van der Waals surface area (Å²) in [4.78, 5) is 11.1. The summed E-state index contributed by atoms with van der Waals surface area (Å²) in [7, 11) is -7.01. The fraction of sp³-hybridized carbons (Fsp3) is 0.588. The van der Waals surface area contributed by atoms with E-state index in [9.17, 15) is 21.6 Å². The number of carbonyl (C=O) groups is 1. The molecule has 0 aliphatic carbocycles. The van der Waals surface area contributed by atoms with Gasteiger partial charge < -0.3 is 5.32 Å². The molecule has 146 valence electrons. The van der Waals surface area contributed by atoms with Crippen LogP contribution in [0, 0.1) is 0 Å². The van der Waals surface area contributed by atoms with E-state index < -0.39 is 25.9 Å². The van der Waals surface area contributed by atoms with Crippen molar-refractivity contribution in [2.75, 3.05) is 11.5 Å². The van der Waals surface area contributed by atoms with Gasteiger partial charge in [-0.05, 0) is 37.5 Å². The lowest BCUT2D eigenvalue weighted by atomic mass is 10.2. The first kappa shape index (κ1) is 20.9. The highest BCUT2D eigenvalue weighted by Crippen LogP contribution is 2.28. The van der Waals surface area contributed by atoms with Crippen LogP contribution in [0.1, 0.15) is 39.2 Å². The lowest BCUT2D eigenvalue weighted by Gasteiger charge is -2.32. The molecule has 1 aliphatic rings. The lowest BCUT2D eigenvalue weighted by molar-refractivity contribution is -0.119. The molecule has 0 bridgehead atoms. The van der Waals surface area contributed by atoms with Crippen molar-refractivity contribution in [2.24, 2.45) is 0 Å². The molecule has 2 atom stereocenters. The van der Waals surface area contributed by atoms with Crippen molar-refractivity contribution in [3.8, 4) is 0 Å². The van der Waals surface area contributed by atoms with Gasteiger partial charge in [-0.3, -0.25) is 4.79 Å². The van der Waals surface area contributed by atoms with Gasteiger partial charge >= 0.3 is 0 Å². The normalized spacial score (nSPS) is 20.8. The fourth-order valence-corrected chi connectivity index (χ4v) is 6.80. The summed E-state index contributed by atoms with van der Waals surface area (Å²) in [5, 5.41) is 2.66. The number of rotatable bonds is 7. The van der Waals surface area contributed by atoms with Crippen molar-refractivity contribution >= 4 is 25.8 Å². The predicted molar refractivity (Wildman–Crippen MR) is 99.8 cm³/mol. The lowest BCUT2D eigenvalue weighted by Crippen LogP contribution is -2.46. The molecule has 1 amide bonds. The molecular weight excluding hydrogens is 376 g/mol. The Morgan fingerprint density at radius 3 is 2.38 bits per heavy atom. The van der Waals surface area contributed by atoms with E-state index in [0.29, 0.717) is 19.4 Å². The maximum absolute atomic E-state index is 13.2. The number of sulfonamides is 1. The minimum absolute atomic E-state index is 0.0236. The monoisotopic (exact) mass is 402 g/mol. The average Bonchev–Trinajstić information content (AvgIpc) is 2.92. The van der Waals surface area contributed by atoms with E-state index in [1.54, 1.807) is 19.1 Å². The van der Waals surface area contributed by atoms with Gasteiger partial charge in [-0.25, -0.2) is 16.8 Å². The highest BCUT2D eigenvalue weighted by molar-refractivity contribution is 7.92. The van der Waals surface area contributed by atoms with Gasteiger partial charge in [-0.2, -0.15) is 4.31 Å². The topological polar surface area (TPSA) is 101 Å². The van der Waals surface area contributed by atoms with Gasteiger partial charge in [0.2, 0.25) is 15.9 Å². The number of nitrogens with zero attached hydrogens (tertiary/aromatic N) is 1. The summed E-state index contributed by atoms with van der Waals surface area (Å²) < 4.78 is 51.4. The molecule has 1 saturated heterocycles. The summed E-state index contributed by atoms with van der Waals surface area (Å²) in [5.41, 5.74) is 0.790. The second-order valence-electron chi connectivity index (χ2n) is 6.70. The van der Waals surface area contributed by atoms with Crippen molar-refractivity contribution in [3.05, 3.63) is 29.8 Å². The molecule has 1 aliphatic heterocycles. The maximum Gasteiger partial charge on any atom is 0.243 e. The Hall–Kier alpha value is -1.45. The van der Waals surface area contributed by atoms with E-state index in [1.165, 1.54) is 23.4 Å². The minimum atomic E-state index is -3.81. The van der Waals surface area contributed by atoms with Gasteiger partial charge in [-0.15, -0.1) is 0 Å². The molecule has 7 nitrogen and oxygen atoms in total. The molecule has 9 heteroatoms. The third kappa shape index (κ3) is 4.83. The number of hydrogen-bond acceptors (Lipinski definition) is 5. The zero-order valence-electron chi connectivity index (χ0n) is 15.3. The standard InChI is InChI=1S/C17H26N2O5S2/c1-4-13(2)19(16-9-10-25(21,22)12-16)26(23,24)17-7-5-15(6-8-17)11-18-14(3)20/h5-8,13,16H,4,9-12H2,1-3H3,(H,18,20)/t13-,16-/m0/s1. The maximum atomic E-state index is 13.2. The van der Waals surface area contributed by atoms with Gasteiger partial charge in [0.15, 0.2) is 9.84 Å². The molecule has 1 aromatic rings. The Morgan fingerprint density at radius 2 is 1.92 bits per heavy atom. The Labute approximate surface area is 155 Å². The van der Waals surface area contributed by atoms with Crippen molar-refractivity contribution in [3.63, 3.8) is 0 Å². The van der Waals surface area contributed by atoms with E-state index in [-0.39, 0.29) is 28.4 Å². The number of carbonyl (C=O) groups excluding carboxylic acids is 1. The Balaban J connectivity index is 2.30. The Bertz CT molecular complexity index is 848. The summed E-state index contributed by atoms with van der Waals surface area (Å²) in [5.74, 6) is -0.264. The van der Waals surface area contributed by atoms with Crippen molar-refractivity contribution in [1.29, 1.82) is 0 Å². The second-order valence-corrected chi connectivity index (χ2v) is 10.8. The molecular formula is C17H26N2O5S2. The number of nitrogens with one attached hydrogen (secondary N) is 1. The third-order valence-corrected chi connectivity index (χ3v) is 8.47. The second kappa shape index (κ2) is 8.06. The number of sulfone groups is 1. The minimum Gasteiger partial charge on any atom is -0.352 e. The molecule has 1 heterocycles. The SMILES string of the molecule is CC[C@H](C)N([C@H]1CCS(=O)(=O)C1)S(=O)(=O)c1ccc(CNC(C)=O)cc1. The fourth-order valence-electron chi connectivity index (χ4n) is 3.08. The number of amides is 1. The molecule has 26 heavy (non-hydrogen) atoms. The number of benzene rings is 1. The molecule has 0 unspecified atom stereocenters. The van der Waals surface area contributed by atoms with Crippen LogP contribution >= 0.6 is 0 Å². The van der Waals surface area contributed by atoms with Crippen molar-refractivity contribution < 1.29 is 21.6 Å². The third-order valence-electron chi connectivity index (χ3n) is 4.63. The Morgan fingerprint density at radius 1 is 1.31 bits per heavy atom. The van der Waals surface area contributed by atoms with Gasteiger partial charge in [0, 0.05) is 25.6 Å². The molecule has 0 aromatic heterocycles. The molecule has 0 saturated carbocycles. The molecule has 0 spiro atoms. The first-order valence-electron chi connectivity index (χ1n) is 8.64. The van der Waals surface area contributed by atoms with Crippen LogP contribution in [0.3, 0.4) is 0 Å². The summed E-state index contributed by atoms with van der Waals surface area (Å²) >= 11 is 0. The Kier molecular flexibility index (Phi) is 6.46. The van der Waals surface area contributed by atoms with Crippen LogP contribution in [0.25, 0.3) is 0 Å². The molecule has 1 N–H and O–H groups in total. The van der Waals surface area contributed by atoms with E-state index in [1.807, 2.05) is 6.92 Å². The molecule has 2 rings (SSSR count). The van der Waals surface area contributed by atoms with Gasteiger partial charge in [0.1, 0.15) is 0 Å². The van der Waals surface area contributed by atoms with Gasteiger partial charge in [0.05, 0.1) is 16.4 Å². The van der Waals surface area contributed by atoms with Crippen LogP contribution in [0.4, 0.5) is 0 Å². The first-order chi connectivity index (χ1) is 12.1. The number of hydrogen-bond donors (Lipinski definition) is 1. The van der Waals surface area contributed by atoms with Crippen LogP contribution in [0.5, 0.6) is 0 Å². The molecule has 1 aromatic carbocycles. The quantitative estimate of drug-likeness (QED) is 0.741. The van der Waals surface area contributed by atoms with E-state index in [4.69, 9.17) is 0 Å². The van der Waals surface area contributed by atoms with Crippen LogP contribution in [-0.4, -0.2) is 50.6 Å². The zero-order valence-corrected chi connectivity index (χ0v) is 16.9. The van der Waals surface area contributed by atoms with Gasteiger partial charge in [0.25, 0.3) is 0 Å². The predicted octanol–water partition coefficient (Wildman–Crippen LogP) is 1.30. The average molecular weight is 403 g/mol. The van der Waals surface area contributed by atoms with Crippen LogP contribution in [0.15, 0.2) is 29.2 Å². The molecule has 0 radical (unpaired) electrons. The van der Waals surface area contributed by atoms with Crippen LogP contribution in [0.2, 0.25) is 0 Å². The zero-order chi connectivity index (χ0) is 19.5. The highest BCUT2D eigenvalue weighted by Gasteiger charge is 2.40. The smallest absolute Gasteiger partial charge is 0.243 e. The van der Waals surface area contributed by atoms with E-state index in [0.717, 1.165) is 5.56 Å². The van der Waals surface area contributed by atoms with Crippen molar-refractivity contribution in [1.82, 2.24) is 9.62 Å².